The van der Waals surface area contributed by atoms with Gasteiger partial charge >= 0.3 is 5.97 Å². The zero-order valence-electron chi connectivity index (χ0n) is 12.3. The maximum Gasteiger partial charge on any atom is 0.320 e. The second-order valence-corrected chi connectivity index (χ2v) is 9.52. The average Bonchev–Trinajstić information content (AvgIpc) is 2.48. The molecule has 0 saturated carbocycles. The number of phenols is 1. The number of phenolic OH excluding ortho intramolecular Hbond substituents is 1. The fourth-order valence-corrected chi connectivity index (χ4v) is 5.72. The van der Waals surface area contributed by atoms with Crippen molar-refractivity contribution in [2.24, 2.45) is 5.73 Å². The van der Waals surface area contributed by atoms with Crippen LogP contribution in [0.3, 0.4) is 0 Å². The Labute approximate surface area is 216 Å². The van der Waals surface area contributed by atoms with Crippen LogP contribution in [-0.4, -0.2) is 22.2 Å². The van der Waals surface area contributed by atoms with E-state index in [9.17, 15) is 9.90 Å². The predicted octanol–water partition coefficient (Wildman–Crippen LogP) is 5.18. The zero-order valence-corrected chi connectivity index (χ0v) is 23.3. The summed E-state index contributed by atoms with van der Waals surface area (Å²) in [5.74, 6) is 0.549. The van der Waals surface area contributed by atoms with E-state index in [4.69, 9.17) is 15.6 Å². The van der Waals surface area contributed by atoms with Crippen molar-refractivity contribution >= 4 is 120 Å². The Morgan fingerprint density at radius 1 is 1.04 bits per heavy atom. The molecule has 2 aromatic rings. The van der Waals surface area contributed by atoms with Gasteiger partial charge in [-0.05, 0) is 127 Å². The molecule has 0 radical (unpaired) electrons. The summed E-state index contributed by atoms with van der Waals surface area (Å²) in [6.07, 6.45) is 0.261. The highest BCUT2D eigenvalue weighted by Crippen LogP contribution is 2.36. The van der Waals surface area contributed by atoms with Gasteiger partial charge in [0.25, 0.3) is 0 Å². The first-order valence-corrected chi connectivity index (χ1v) is 10.8. The molecule has 0 aliphatic heterocycles. The lowest BCUT2D eigenvalue weighted by Gasteiger charge is -2.14. The number of carboxylic acids is 1. The van der Waals surface area contributed by atoms with Crippen molar-refractivity contribution in [1.82, 2.24) is 0 Å². The van der Waals surface area contributed by atoms with Crippen LogP contribution in [0.1, 0.15) is 5.56 Å². The summed E-state index contributed by atoms with van der Waals surface area (Å²) >= 11 is 8.42. The van der Waals surface area contributed by atoms with Crippen molar-refractivity contribution in [3.63, 3.8) is 0 Å². The van der Waals surface area contributed by atoms with E-state index in [1.54, 1.807) is 12.1 Å². The van der Waals surface area contributed by atoms with Crippen LogP contribution in [0, 0.1) is 14.3 Å². The van der Waals surface area contributed by atoms with Gasteiger partial charge in [0.2, 0.25) is 0 Å². The average molecular weight is 905 g/mol. The van der Waals surface area contributed by atoms with Gasteiger partial charge < -0.3 is 20.7 Å². The number of ether oxygens (including phenoxy) is 1. The number of nitrogens with two attached hydrogens (primary N) is 1. The second-order valence-electron chi connectivity index (χ2n) is 4.88. The van der Waals surface area contributed by atoms with Gasteiger partial charge in [0.15, 0.2) is 5.75 Å². The van der Waals surface area contributed by atoms with E-state index in [0.29, 0.717) is 18.6 Å². The molecule has 0 aliphatic carbocycles. The molecule has 0 heterocycles. The fourth-order valence-electron chi connectivity index (χ4n) is 1.89. The molecule has 0 saturated heterocycles. The van der Waals surface area contributed by atoms with E-state index in [1.165, 1.54) is 0 Å². The Morgan fingerprint density at radius 2 is 1.52 bits per heavy atom. The molecule has 0 aliphatic rings. The summed E-state index contributed by atoms with van der Waals surface area (Å²) in [7, 11) is 0. The molecule has 0 spiro atoms. The van der Waals surface area contributed by atoms with Crippen LogP contribution in [0.4, 0.5) is 0 Å². The van der Waals surface area contributed by atoms with Crippen molar-refractivity contribution in [2.45, 2.75) is 12.5 Å². The molecule has 10 heteroatoms. The summed E-state index contributed by atoms with van der Waals surface area (Å²) in [6.45, 7) is 0. The zero-order chi connectivity index (χ0) is 18.0. The van der Waals surface area contributed by atoms with Crippen LogP contribution < -0.4 is 10.5 Å². The van der Waals surface area contributed by atoms with E-state index < -0.39 is 12.0 Å². The molecule has 0 bridgehead atoms. The predicted molar refractivity (Wildman–Crippen MR) is 140 cm³/mol. The number of carbonyl (C=O) groups is 1. The van der Waals surface area contributed by atoms with Crippen molar-refractivity contribution in [3.8, 4) is 17.2 Å². The summed E-state index contributed by atoms with van der Waals surface area (Å²) in [6, 6.07) is 6.34. The van der Waals surface area contributed by atoms with Crippen molar-refractivity contribution in [2.75, 3.05) is 0 Å². The van der Waals surface area contributed by atoms with Crippen LogP contribution in [0.25, 0.3) is 0 Å². The largest absolute Gasteiger partial charge is 0.506 e. The van der Waals surface area contributed by atoms with Gasteiger partial charge in [-0.3, -0.25) is 4.79 Å². The van der Waals surface area contributed by atoms with Crippen LogP contribution in [0.5, 0.6) is 17.2 Å². The number of aromatic hydroxyl groups is 1. The van der Waals surface area contributed by atoms with Crippen molar-refractivity contribution in [1.29, 1.82) is 0 Å². The van der Waals surface area contributed by atoms with Gasteiger partial charge in [0, 0.05) is 0 Å². The Morgan fingerprint density at radius 3 is 1.96 bits per heavy atom. The quantitative estimate of drug-likeness (QED) is 0.361. The van der Waals surface area contributed by atoms with Gasteiger partial charge in [-0.2, -0.15) is 0 Å². The molecule has 0 fully saturated rings. The van der Waals surface area contributed by atoms with Gasteiger partial charge in [0.05, 0.1) is 14.3 Å². The van der Waals surface area contributed by atoms with Crippen LogP contribution in [0.15, 0.2) is 24.3 Å². The third-order valence-electron chi connectivity index (χ3n) is 3.04. The highest BCUT2D eigenvalue weighted by molar-refractivity contribution is 14.1. The minimum Gasteiger partial charge on any atom is -0.506 e. The summed E-state index contributed by atoms with van der Waals surface area (Å²) in [4.78, 5) is 10.9. The summed E-state index contributed by atoms with van der Waals surface area (Å²) in [5, 5.41) is 18.8. The topological polar surface area (TPSA) is 92.8 Å². The first-order chi connectivity index (χ1) is 11.2. The molecule has 4 N–H and O–H groups in total. The Hall–Kier alpha value is 1.12. The molecule has 2 rings (SSSR count). The van der Waals surface area contributed by atoms with Gasteiger partial charge in [-0.1, -0.05) is 0 Å². The maximum absolute atomic E-state index is 10.9. The minimum atomic E-state index is -1.02. The fraction of sp³-hybridized carbons (Fsp3) is 0.133. The standard InChI is InChI=1S/C15H11I4NO4.HI/c16-8-4-7(5-9(17)13(8)21)24-14-10(18)1-6(2-11(14)19)3-12(20)15(22)23;/h1-2,4-5,12,21H,3,20H2,(H,22,23);1H/t12-;/m0./s1. The van der Waals surface area contributed by atoms with E-state index in [2.05, 4.69) is 90.4 Å². The molecule has 0 unspecified atom stereocenters. The monoisotopic (exact) mass is 905 g/mol. The van der Waals surface area contributed by atoms with Crippen LogP contribution in [-0.2, 0) is 11.2 Å². The molecule has 1 atom stereocenters. The van der Waals surface area contributed by atoms with Crippen LogP contribution in [0.2, 0.25) is 0 Å². The van der Waals surface area contributed by atoms with Crippen LogP contribution >= 0.6 is 114 Å². The molecule has 5 nitrogen and oxygen atoms in total. The molecule has 2 aromatic carbocycles. The molecular formula is C15H12I5NO4. The summed E-state index contributed by atoms with van der Waals surface area (Å²) in [5.41, 5.74) is 6.44. The highest BCUT2D eigenvalue weighted by atomic mass is 127. The maximum atomic E-state index is 10.9. The molecule has 0 amide bonds. The first-order valence-electron chi connectivity index (χ1n) is 6.51. The molecule has 136 valence electrons. The number of aliphatic carboxylic acids is 1. The van der Waals surface area contributed by atoms with Crippen molar-refractivity contribution < 1.29 is 19.7 Å². The SMILES string of the molecule is I.N[C@@H](Cc1cc(I)c(Oc2cc(I)c(O)c(I)c2)c(I)c1)C(=O)O. The van der Waals surface area contributed by atoms with E-state index >= 15 is 0 Å². The van der Waals surface area contributed by atoms with Gasteiger partial charge in [-0.15, -0.1) is 24.0 Å². The number of hydrogen-bond acceptors (Lipinski definition) is 4. The summed E-state index contributed by atoms with van der Waals surface area (Å²) < 4.78 is 9.14. The van der Waals surface area contributed by atoms with E-state index in [0.717, 1.165) is 12.7 Å². The minimum absolute atomic E-state index is 0. The lowest BCUT2D eigenvalue weighted by atomic mass is 10.1. The van der Waals surface area contributed by atoms with Crippen molar-refractivity contribution in [3.05, 3.63) is 44.1 Å². The van der Waals surface area contributed by atoms with E-state index in [-0.39, 0.29) is 36.1 Å². The normalized spacial score (nSPS) is 11.6. The Bertz CT molecular complexity index is 753. The Balaban J connectivity index is 0.00000312. The first kappa shape index (κ1) is 24.2. The lowest BCUT2D eigenvalue weighted by Crippen LogP contribution is -2.32. The second kappa shape index (κ2) is 10.6. The number of halogens is 5. The number of rotatable bonds is 5. The number of hydrogen-bond donors (Lipinski definition) is 3. The lowest BCUT2D eigenvalue weighted by molar-refractivity contribution is -0.138. The molecule has 25 heavy (non-hydrogen) atoms. The highest BCUT2D eigenvalue weighted by Gasteiger charge is 2.16. The number of carboxylic acid groups (broad SMARTS) is 1. The van der Waals surface area contributed by atoms with E-state index in [1.807, 2.05) is 12.1 Å². The number of benzene rings is 2. The van der Waals surface area contributed by atoms with Gasteiger partial charge in [-0.25, -0.2) is 0 Å². The molecule has 0 aromatic heterocycles. The molecular weight excluding hydrogens is 893 g/mol. The third-order valence-corrected chi connectivity index (χ3v) is 6.29. The third kappa shape index (κ3) is 6.60. The van der Waals surface area contributed by atoms with Gasteiger partial charge in [0.1, 0.15) is 17.5 Å². The Kier molecular flexibility index (Phi) is 10.2. The smallest absolute Gasteiger partial charge is 0.320 e.